The molecule has 0 saturated heterocycles. The van der Waals surface area contributed by atoms with E-state index in [1.54, 1.807) is 6.92 Å². The lowest BCUT2D eigenvalue weighted by atomic mass is 10.2. The molecule has 174 valence electrons. The van der Waals surface area contributed by atoms with Crippen LogP contribution in [0.1, 0.15) is 17.3 Å². The van der Waals surface area contributed by atoms with Crippen molar-refractivity contribution in [2.24, 2.45) is 0 Å². The summed E-state index contributed by atoms with van der Waals surface area (Å²) >= 11 is 5.76. The lowest BCUT2D eigenvalue weighted by Crippen LogP contribution is -2.47. The summed E-state index contributed by atoms with van der Waals surface area (Å²) in [7, 11) is -8.17. The summed E-state index contributed by atoms with van der Waals surface area (Å²) in [6.45, 7) is 1.09. The number of halogens is 1. The molecule has 10 nitrogen and oxygen atoms in total. The quantitative estimate of drug-likeness (QED) is 0.368. The van der Waals surface area contributed by atoms with Crippen LogP contribution in [0.25, 0.3) is 0 Å². The van der Waals surface area contributed by atoms with E-state index in [0.717, 1.165) is 6.26 Å². The summed E-state index contributed by atoms with van der Waals surface area (Å²) in [5, 5.41) is 2.76. The second kappa shape index (κ2) is 10.9. The smallest absolute Gasteiger partial charge is 0.338 e. The standard InChI is InChI=1S/C19H21ClN2O8S2/c1-3-29-19(24)13-4-8-15(9-5-13)21-18(23)17(12-30-31(2,25)26)22-32(27,28)16-10-6-14(20)7-11-16/h4-11,17,22H,3,12H2,1-2H3,(H,21,23)/t17-/m0/s1. The van der Waals surface area contributed by atoms with Crippen LogP contribution in [0.2, 0.25) is 5.02 Å². The molecule has 0 aliphatic carbocycles. The molecule has 2 rings (SSSR count). The predicted molar refractivity (Wildman–Crippen MR) is 117 cm³/mol. The number of amides is 1. The molecule has 0 radical (unpaired) electrons. The Hall–Kier alpha value is -2.51. The van der Waals surface area contributed by atoms with Gasteiger partial charge in [0.15, 0.2) is 0 Å². The van der Waals surface area contributed by atoms with Gasteiger partial charge in [0.25, 0.3) is 10.1 Å². The summed E-state index contributed by atoms with van der Waals surface area (Å²) in [5.74, 6) is -1.42. The predicted octanol–water partition coefficient (Wildman–Crippen LogP) is 1.78. The molecule has 0 heterocycles. The van der Waals surface area contributed by atoms with E-state index in [2.05, 4.69) is 14.2 Å². The Balaban J connectivity index is 2.20. The minimum absolute atomic E-state index is 0.183. The van der Waals surface area contributed by atoms with Crippen molar-refractivity contribution in [3.63, 3.8) is 0 Å². The molecule has 0 aliphatic heterocycles. The maximum Gasteiger partial charge on any atom is 0.338 e. The summed E-state index contributed by atoms with van der Waals surface area (Å²) < 4.78 is 59.6. The Morgan fingerprint density at radius 1 is 1.00 bits per heavy atom. The molecule has 1 atom stereocenters. The van der Waals surface area contributed by atoms with Gasteiger partial charge < -0.3 is 10.1 Å². The number of carbonyl (C=O) groups excluding carboxylic acids is 2. The van der Waals surface area contributed by atoms with E-state index < -0.39 is 44.7 Å². The van der Waals surface area contributed by atoms with Gasteiger partial charge in [0.05, 0.1) is 29.9 Å². The Bertz CT molecular complexity index is 1160. The largest absolute Gasteiger partial charge is 0.462 e. The van der Waals surface area contributed by atoms with Crippen LogP contribution in [0.5, 0.6) is 0 Å². The molecule has 0 spiro atoms. The summed E-state index contributed by atoms with van der Waals surface area (Å²) in [6.07, 6.45) is 0.768. The first-order valence-electron chi connectivity index (χ1n) is 9.11. The van der Waals surface area contributed by atoms with E-state index in [1.807, 2.05) is 0 Å². The highest BCUT2D eigenvalue weighted by Crippen LogP contribution is 2.16. The number of esters is 1. The number of benzene rings is 2. The maximum atomic E-state index is 12.7. The van der Waals surface area contributed by atoms with Gasteiger partial charge >= 0.3 is 5.97 Å². The minimum Gasteiger partial charge on any atom is -0.462 e. The highest BCUT2D eigenvalue weighted by Gasteiger charge is 2.27. The third-order valence-electron chi connectivity index (χ3n) is 3.85. The summed E-state index contributed by atoms with van der Waals surface area (Å²) in [6, 6.07) is 9.21. The molecular formula is C19H21ClN2O8S2. The zero-order valence-corrected chi connectivity index (χ0v) is 19.5. The van der Waals surface area contributed by atoms with Crippen LogP contribution >= 0.6 is 11.6 Å². The molecule has 13 heteroatoms. The molecule has 0 saturated carbocycles. The molecule has 32 heavy (non-hydrogen) atoms. The number of sulfonamides is 1. The molecule has 0 aliphatic rings. The minimum atomic E-state index is -4.21. The van der Waals surface area contributed by atoms with Crippen LogP contribution in [0.3, 0.4) is 0 Å². The third-order valence-corrected chi connectivity index (χ3v) is 6.15. The topological polar surface area (TPSA) is 145 Å². The number of anilines is 1. The molecule has 0 fully saturated rings. The van der Waals surface area contributed by atoms with E-state index in [0.29, 0.717) is 5.02 Å². The van der Waals surface area contributed by atoms with E-state index >= 15 is 0 Å². The fourth-order valence-electron chi connectivity index (χ4n) is 2.36. The Morgan fingerprint density at radius 2 is 1.59 bits per heavy atom. The highest BCUT2D eigenvalue weighted by atomic mass is 35.5. The monoisotopic (exact) mass is 504 g/mol. The van der Waals surface area contributed by atoms with Crippen molar-refractivity contribution in [1.29, 1.82) is 0 Å². The first kappa shape index (κ1) is 25.7. The molecule has 2 aromatic rings. The van der Waals surface area contributed by atoms with Gasteiger partial charge in [-0.3, -0.25) is 8.98 Å². The Labute approximate surface area is 191 Å². The van der Waals surface area contributed by atoms with Gasteiger partial charge in [0.1, 0.15) is 6.04 Å². The second-order valence-electron chi connectivity index (χ2n) is 6.40. The zero-order chi connectivity index (χ0) is 23.9. The van der Waals surface area contributed by atoms with E-state index in [1.165, 1.54) is 48.5 Å². The van der Waals surface area contributed by atoms with Crippen LogP contribution in [-0.4, -0.2) is 54.2 Å². The van der Waals surface area contributed by atoms with Crippen LogP contribution in [-0.2, 0) is 33.9 Å². The first-order valence-corrected chi connectivity index (χ1v) is 12.8. The molecular weight excluding hydrogens is 484 g/mol. The van der Waals surface area contributed by atoms with Crippen LogP contribution in [0.4, 0.5) is 5.69 Å². The van der Waals surface area contributed by atoms with Crippen LogP contribution < -0.4 is 10.0 Å². The van der Waals surface area contributed by atoms with Crippen molar-refractivity contribution in [2.45, 2.75) is 17.9 Å². The van der Waals surface area contributed by atoms with Crippen molar-refractivity contribution < 1.29 is 35.3 Å². The molecule has 0 unspecified atom stereocenters. The van der Waals surface area contributed by atoms with Gasteiger partial charge in [-0.2, -0.15) is 13.1 Å². The molecule has 1 amide bonds. The molecule has 2 aromatic carbocycles. The van der Waals surface area contributed by atoms with Gasteiger partial charge in [-0.05, 0) is 55.5 Å². The van der Waals surface area contributed by atoms with Crippen molar-refractivity contribution in [1.82, 2.24) is 4.72 Å². The SMILES string of the molecule is CCOC(=O)c1ccc(NC(=O)[C@H](COS(C)(=O)=O)NS(=O)(=O)c2ccc(Cl)cc2)cc1. The van der Waals surface area contributed by atoms with E-state index in [4.69, 9.17) is 16.3 Å². The van der Waals surface area contributed by atoms with Gasteiger partial charge in [-0.15, -0.1) is 0 Å². The summed E-state index contributed by atoms with van der Waals surface area (Å²) in [5.41, 5.74) is 0.489. The van der Waals surface area contributed by atoms with Crippen LogP contribution in [0, 0.1) is 0 Å². The van der Waals surface area contributed by atoms with E-state index in [-0.39, 0.29) is 22.8 Å². The maximum absolute atomic E-state index is 12.7. The van der Waals surface area contributed by atoms with Gasteiger partial charge in [-0.1, -0.05) is 11.6 Å². The summed E-state index contributed by atoms with van der Waals surface area (Å²) in [4.78, 5) is 24.2. The molecule has 0 aromatic heterocycles. The van der Waals surface area contributed by atoms with Gasteiger partial charge in [0.2, 0.25) is 15.9 Å². The van der Waals surface area contributed by atoms with Gasteiger partial charge in [-0.25, -0.2) is 13.2 Å². The van der Waals surface area contributed by atoms with Crippen molar-refractivity contribution in [3.05, 3.63) is 59.1 Å². The second-order valence-corrected chi connectivity index (χ2v) is 10.2. The average Bonchev–Trinajstić information content (AvgIpc) is 2.71. The fourth-order valence-corrected chi connectivity index (χ4v) is 4.05. The third kappa shape index (κ3) is 7.88. The number of nitrogens with one attached hydrogen (secondary N) is 2. The van der Waals surface area contributed by atoms with Crippen molar-refractivity contribution in [2.75, 3.05) is 24.8 Å². The normalized spacial score (nSPS) is 12.7. The number of hydrogen-bond donors (Lipinski definition) is 2. The lowest BCUT2D eigenvalue weighted by Gasteiger charge is -2.18. The van der Waals surface area contributed by atoms with Crippen molar-refractivity contribution in [3.8, 4) is 0 Å². The lowest BCUT2D eigenvalue weighted by molar-refractivity contribution is -0.118. The number of rotatable bonds is 10. The molecule has 2 N–H and O–H groups in total. The van der Waals surface area contributed by atoms with E-state index in [9.17, 15) is 26.4 Å². The number of carbonyl (C=O) groups is 2. The molecule has 0 bridgehead atoms. The Kier molecular flexibility index (Phi) is 8.75. The van der Waals surface area contributed by atoms with Gasteiger partial charge in [0, 0.05) is 10.7 Å². The first-order chi connectivity index (χ1) is 14.9. The number of ether oxygens (including phenoxy) is 1. The fraction of sp³-hybridized carbons (Fsp3) is 0.263. The zero-order valence-electron chi connectivity index (χ0n) is 17.1. The van der Waals surface area contributed by atoms with Crippen LogP contribution in [0.15, 0.2) is 53.4 Å². The average molecular weight is 505 g/mol. The highest BCUT2D eigenvalue weighted by molar-refractivity contribution is 7.89. The Morgan fingerprint density at radius 3 is 2.12 bits per heavy atom. The number of hydrogen-bond acceptors (Lipinski definition) is 8. The van der Waals surface area contributed by atoms with Crippen molar-refractivity contribution >= 4 is 49.3 Å².